The van der Waals surface area contributed by atoms with Crippen molar-refractivity contribution in [2.75, 3.05) is 5.73 Å². The lowest BCUT2D eigenvalue weighted by Gasteiger charge is -2.07. The van der Waals surface area contributed by atoms with Gasteiger partial charge in [-0.25, -0.2) is 0 Å². The molecule has 21 heavy (non-hydrogen) atoms. The van der Waals surface area contributed by atoms with Gasteiger partial charge in [-0.1, -0.05) is 29.8 Å². The fraction of sp³-hybridized carbons (Fsp3) is 0. The van der Waals surface area contributed by atoms with Gasteiger partial charge in [0.15, 0.2) is 11.5 Å². The van der Waals surface area contributed by atoms with Gasteiger partial charge < -0.3 is 5.73 Å². The Labute approximate surface area is 125 Å². The number of benzene rings is 2. The van der Waals surface area contributed by atoms with Gasteiger partial charge in [0, 0.05) is 11.3 Å². The van der Waals surface area contributed by atoms with Crippen LogP contribution in [0.15, 0.2) is 54.6 Å². The minimum absolute atomic E-state index is 0.603. The Hall–Kier alpha value is -2.59. The van der Waals surface area contributed by atoms with Crippen LogP contribution >= 0.6 is 11.6 Å². The van der Waals surface area contributed by atoms with E-state index in [9.17, 15) is 0 Å². The van der Waals surface area contributed by atoms with Gasteiger partial charge in [-0.2, -0.15) is 0 Å². The van der Waals surface area contributed by atoms with Crippen LogP contribution in [-0.4, -0.2) is 14.6 Å². The first-order chi connectivity index (χ1) is 10.2. The summed E-state index contributed by atoms with van der Waals surface area (Å²) in [6.45, 7) is 0. The maximum absolute atomic E-state index is 6.30. The van der Waals surface area contributed by atoms with E-state index in [1.165, 1.54) is 0 Å². The van der Waals surface area contributed by atoms with E-state index in [1.54, 1.807) is 12.1 Å². The highest BCUT2D eigenvalue weighted by Gasteiger charge is 2.13. The first kappa shape index (κ1) is 12.2. The summed E-state index contributed by atoms with van der Waals surface area (Å²) in [6.07, 6.45) is 0. The molecule has 4 nitrogen and oxygen atoms in total. The zero-order valence-corrected chi connectivity index (χ0v) is 11.7. The van der Waals surface area contributed by atoms with Crippen molar-refractivity contribution in [2.24, 2.45) is 0 Å². The summed E-state index contributed by atoms with van der Waals surface area (Å²) in [5.74, 6) is 0.694. The summed E-state index contributed by atoms with van der Waals surface area (Å²) in [5, 5.41) is 10.2. The van der Waals surface area contributed by atoms with E-state index >= 15 is 0 Å². The van der Waals surface area contributed by atoms with Gasteiger partial charge in [-0.15, -0.1) is 10.2 Å². The van der Waals surface area contributed by atoms with Crippen molar-refractivity contribution < 1.29 is 0 Å². The summed E-state index contributed by atoms with van der Waals surface area (Å²) in [6, 6.07) is 17.4. The third kappa shape index (κ3) is 1.84. The normalized spacial score (nSPS) is 11.3. The Balaban J connectivity index is 2.14. The maximum atomic E-state index is 6.30. The predicted octanol–water partition coefficient (Wildman–Crippen LogP) is 3.79. The fourth-order valence-corrected chi connectivity index (χ4v) is 2.73. The first-order valence-electron chi connectivity index (χ1n) is 6.52. The molecule has 2 aromatic heterocycles. The highest BCUT2D eigenvalue weighted by Crippen LogP contribution is 2.30. The molecule has 0 fully saturated rings. The summed E-state index contributed by atoms with van der Waals surface area (Å²) in [7, 11) is 0. The molecular weight excluding hydrogens is 284 g/mol. The number of nitrogens with two attached hydrogens (primary N) is 1. The number of hydrogen-bond acceptors (Lipinski definition) is 3. The fourth-order valence-electron chi connectivity index (χ4n) is 2.53. The van der Waals surface area contributed by atoms with Crippen molar-refractivity contribution in [3.63, 3.8) is 0 Å². The third-order valence-corrected chi connectivity index (χ3v) is 3.84. The Morgan fingerprint density at radius 2 is 1.81 bits per heavy atom. The van der Waals surface area contributed by atoms with E-state index in [0.29, 0.717) is 16.5 Å². The predicted molar refractivity (Wildman–Crippen MR) is 85.4 cm³/mol. The van der Waals surface area contributed by atoms with Crippen LogP contribution in [0.4, 0.5) is 5.69 Å². The molecule has 2 heterocycles. The molecule has 0 bridgehead atoms. The third-order valence-electron chi connectivity index (χ3n) is 3.51. The molecule has 102 valence electrons. The number of rotatable bonds is 1. The summed E-state index contributed by atoms with van der Waals surface area (Å²) >= 11 is 6.30. The second kappa shape index (κ2) is 4.46. The van der Waals surface area contributed by atoms with Crippen molar-refractivity contribution >= 4 is 33.8 Å². The molecule has 5 heteroatoms. The number of anilines is 1. The summed E-state index contributed by atoms with van der Waals surface area (Å²) in [4.78, 5) is 0. The minimum Gasteiger partial charge on any atom is -0.399 e. The van der Waals surface area contributed by atoms with Crippen molar-refractivity contribution in [3.8, 4) is 11.4 Å². The van der Waals surface area contributed by atoms with E-state index in [0.717, 1.165) is 22.1 Å². The minimum atomic E-state index is 0.603. The number of halogens is 1. The standard InChI is InChI=1S/C16H11ClN4/c17-13-7-6-11(18)9-12(13)16-20-19-15-8-5-10-3-1-2-4-14(10)21(15)16/h1-9H,18H2. The van der Waals surface area contributed by atoms with Crippen LogP contribution in [-0.2, 0) is 0 Å². The summed E-state index contributed by atoms with van der Waals surface area (Å²) in [5.41, 5.74) is 9.11. The number of aromatic nitrogens is 3. The number of hydrogen-bond donors (Lipinski definition) is 1. The molecule has 0 radical (unpaired) electrons. The van der Waals surface area contributed by atoms with Gasteiger partial charge in [-0.3, -0.25) is 4.40 Å². The molecule has 2 N–H and O–H groups in total. The Morgan fingerprint density at radius 1 is 0.952 bits per heavy atom. The lowest BCUT2D eigenvalue weighted by atomic mass is 10.1. The molecule has 0 atom stereocenters. The average molecular weight is 295 g/mol. The summed E-state index contributed by atoms with van der Waals surface area (Å²) < 4.78 is 2.00. The highest BCUT2D eigenvalue weighted by molar-refractivity contribution is 6.33. The van der Waals surface area contributed by atoms with E-state index < -0.39 is 0 Å². The molecular formula is C16H11ClN4. The van der Waals surface area contributed by atoms with E-state index in [4.69, 9.17) is 17.3 Å². The van der Waals surface area contributed by atoms with Gasteiger partial charge in [0.25, 0.3) is 0 Å². The number of nitrogen functional groups attached to an aromatic ring is 1. The van der Waals surface area contributed by atoms with E-state index in [2.05, 4.69) is 16.3 Å². The molecule has 0 aliphatic rings. The molecule has 4 rings (SSSR count). The molecule has 0 aliphatic carbocycles. The molecule has 2 aromatic carbocycles. The van der Waals surface area contributed by atoms with Crippen LogP contribution in [0.25, 0.3) is 27.9 Å². The zero-order valence-electron chi connectivity index (χ0n) is 11.0. The average Bonchev–Trinajstić information content (AvgIpc) is 2.94. The quantitative estimate of drug-likeness (QED) is 0.543. The lowest BCUT2D eigenvalue weighted by molar-refractivity contribution is 1.12. The second-order valence-electron chi connectivity index (χ2n) is 4.85. The van der Waals surface area contributed by atoms with E-state index in [1.807, 2.05) is 40.8 Å². The van der Waals surface area contributed by atoms with Gasteiger partial charge in [0.1, 0.15) is 0 Å². The van der Waals surface area contributed by atoms with Gasteiger partial charge in [0.05, 0.1) is 10.5 Å². The Bertz CT molecular complexity index is 975. The van der Waals surface area contributed by atoms with Crippen molar-refractivity contribution in [2.45, 2.75) is 0 Å². The van der Waals surface area contributed by atoms with E-state index in [-0.39, 0.29) is 0 Å². The maximum Gasteiger partial charge on any atom is 0.170 e. The molecule has 0 spiro atoms. The molecule has 0 unspecified atom stereocenters. The van der Waals surface area contributed by atoms with Crippen LogP contribution in [0.1, 0.15) is 0 Å². The topological polar surface area (TPSA) is 56.2 Å². The van der Waals surface area contributed by atoms with Gasteiger partial charge >= 0.3 is 0 Å². The lowest BCUT2D eigenvalue weighted by Crippen LogP contribution is -1.94. The van der Waals surface area contributed by atoms with Gasteiger partial charge in [-0.05, 0) is 41.8 Å². The monoisotopic (exact) mass is 294 g/mol. The largest absolute Gasteiger partial charge is 0.399 e. The van der Waals surface area contributed by atoms with Gasteiger partial charge in [0.2, 0.25) is 0 Å². The molecule has 0 saturated carbocycles. The zero-order chi connectivity index (χ0) is 14.4. The van der Waals surface area contributed by atoms with Crippen LogP contribution in [0, 0.1) is 0 Å². The number of para-hydroxylation sites is 1. The SMILES string of the molecule is Nc1ccc(Cl)c(-c2nnc3ccc4ccccc4n23)c1. The number of nitrogens with zero attached hydrogens (tertiary/aromatic N) is 3. The Kier molecular flexibility index (Phi) is 2.59. The smallest absolute Gasteiger partial charge is 0.170 e. The van der Waals surface area contributed by atoms with Crippen LogP contribution in [0.5, 0.6) is 0 Å². The number of pyridine rings is 1. The molecule has 0 amide bonds. The molecule has 4 aromatic rings. The van der Waals surface area contributed by atoms with Crippen molar-refractivity contribution in [1.29, 1.82) is 0 Å². The Morgan fingerprint density at radius 3 is 2.71 bits per heavy atom. The number of fused-ring (bicyclic) bond motifs is 3. The van der Waals surface area contributed by atoms with Crippen molar-refractivity contribution in [1.82, 2.24) is 14.6 Å². The second-order valence-corrected chi connectivity index (χ2v) is 5.26. The molecule has 0 saturated heterocycles. The van der Waals surface area contributed by atoms with Crippen LogP contribution < -0.4 is 5.73 Å². The molecule has 0 aliphatic heterocycles. The first-order valence-corrected chi connectivity index (χ1v) is 6.90. The van der Waals surface area contributed by atoms with Crippen molar-refractivity contribution in [3.05, 3.63) is 59.6 Å². The van der Waals surface area contributed by atoms with Crippen LogP contribution in [0.2, 0.25) is 5.02 Å². The highest BCUT2D eigenvalue weighted by atomic mass is 35.5. The van der Waals surface area contributed by atoms with Crippen LogP contribution in [0.3, 0.4) is 0 Å².